The Balaban J connectivity index is 0.00000160. The molecule has 162 valence electrons. The minimum atomic E-state index is -0.179. The van der Waals surface area contributed by atoms with E-state index in [2.05, 4.69) is 20.9 Å². The average Bonchev–Trinajstić information content (AvgIpc) is 3.17. The van der Waals surface area contributed by atoms with E-state index >= 15 is 0 Å². The molecule has 6 nitrogen and oxygen atoms in total. The molecule has 3 N–H and O–H groups in total. The molecule has 0 radical (unpaired) electrons. The van der Waals surface area contributed by atoms with Gasteiger partial charge < -0.3 is 16.0 Å². The van der Waals surface area contributed by atoms with Gasteiger partial charge >= 0.3 is 0 Å². The van der Waals surface area contributed by atoms with Gasteiger partial charge in [0.1, 0.15) is 0 Å². The van der Waals surface area contributed by atoms with Crippen molar-refractivity contribution in [3.8, 4) is 0 Å². The monoisotopic (exact) mass is 450 g/mol. The van der Waals surface area contributed by atoms with Crippen LogP contribution in [0, 0.1) is 5.92 Å². The van der Waals surface area contributed by atoms with Crippen molar-refractivity contribution in [1.82, 2.24) is 15.6 Å². The highest BCUT2D eigenvalue weighted by atomic mass is 35.5. The Labute approximate surface area is 189 Å². The zero-order chi connectivity index (χ0) is 19.3. The van der Waals surface area contributed by atoms with Crippen LogP contribution in [0.5, 0.6) is 0 Å². The van der Waals surface area contributed by atoms with E-state index in [-0.39, 0.29) is 42.7 Å². The number of carbonyl (C=O) groups is 2. The Morgan fingerprint density at radius 1 is 1.07 bits per heavy atom. The van der Waals surface area contributed by atoms with Crippen LogP contribution in [0.2, 0.25) is 0 Å². The maximum absolute atomic E-state index is 12.6. The first kappa shape index (κ1) is 24.1. The van der Waals surface area contributed by atoms with Gasteiger partial charge in [0.15, 0.2) is 0 Å². The van der Waals surface area contributed by atoms with Crippen LogP contribution in [0.15, 0.2) is 48.8 Å². The topological polar surface area (TPSA) is 83.1 Å². The highest BCUT2D eigenvalue weighted by molar-refractivity contribution is 6.04. The Hall–Kier alpha value is -2.15. The molecule has 4 rings (SSSR count). The summed E-state index contributed by atoms with van der Waals surface area (Å²) in [7, 11) is 0. The molecule has 0 bridgehead atoms. The van der Waals surface area contributed by atoms with E-state index < -0.39 is 0 Å². The van der Waals surface area contributed by atoms with E-state index in [1.54, 1.807) is 24.5 Å². The van der Waals surface area contributed by atoms with Gasteiger partial charge in [-0.2, -0.15) is 0 Å². The van der Waals surface area contributed by atoms with Gasteiger partial charge in [-0.25, -0.2) is 0 Å². The Bertz CT molecular complexity index is 836. The van der Waals surface area contributed by atoms with Crippen molar-refractivity contribution < 1.29 is 9.59 Å². The van der Waals surface area contributed by atoms with E-state index in [0.29, 0.717) is 29.8 Å². The quantitative estimate of drug-likeness (QED) is 0.647. The summed E-state index contributed by atoms with van der Waals surface area (Å²) in [5, 5.41) is 9.43. The highest BCUT2D eigenvalue weighted by Crippen LogP contribution is 2.33. The SMILES string of the molecule is Cl.Cl.O=C(Nc1cccc(CNC(=O)C2CC3CCCCC3N2)c1)c1ccncc1. The number of fused-ring (bicyclic) bond motifs is 1. The lowest BCUT2D eigenvalue weighted by Crippen LogP contribution is -2.42. The summed E-state index contributed by atoms with van der Waals surface area (Å²) in [5.74, 6) is 0.540. The normalized spacial score (nSPS) is 22.1. The lowest BCUT2D eigenvalue weighted by atomic mass is 9.85. The second kappa shape index (κ2) is 11.3. The molecular weight excluding hydrogens is 423 g/mol. The average molecular weight is 451 g/mol. The third-order valence-electron chi connectivity index (χ3n) is 5.77. The zero-order valence-corrected chi connectivity index (χ0v) is 18.3. The summed E-state index contributed by atoms with van der Waals surface area (Å²) in [6, 6.07) is 11.3. The number of hydrogen-bond donors (Lipinski definition) is 3. The maximum atomic E-state index is 12.6. The van der Waals surface area contributed by atoms with E-state index in [1.165, 1.54) is 25.7 Å². The largest absolute Gasteiger partial charge is 0.351 e. The second-order valence-electron chi connectivity index (χ2n) is 7.71. The van der Waals surface area contributed by atoms with Gasteiger partial charge in [0.2, 0.25) is 5.91 Å². The van der Waals surface area contributed by atoms with E-state index in [0.717, 1.165) is 12.0 Å². The van der Waals surface area contributed by atoms with Crippen molar-refractivity contribution in [3.05, 3.63) is 59.9 Å². The first-order valence-electron chi connectivity index (χ1n) is 10.0. The molecule has 1 saturated heterocycles. The van der Waals surface area contributed by atoms with Crippen LogP contribution < -0.4 is 16.0 Å². The highest BCUT2D eigenvalue weighted by Gasteiger charge is 2.37. The molecule has 2 heterocycles. The lowest BCUT2D eigenvalue weighted by molar-refractivity contribution is -0.123. The summed E-state index contributed by atoms with van der Waals surface area (Å²) >= 11 is 0. The number of rotatable bonds is 5. The molecule has 2 amide bonds. The fraction of sp³-hybridized carbons (Fsp3) is 0.409. The van der Waals surface area contributed by atoms with Crippen molar-refractivity contribution in [3.63, 3.8) is 0 Å². The molecule has 2 aliphatic rings. The molecule has 1 aliphatic heterocycles. The predicted octanol–water partition coefficient (Wildman–Crippen LogP) is 3.71. The minimum Gasteiger partial charge on any atom is -0.351 e. The van der Waals surface area contributed by atoms with Gasteiger partial charge in [-0.05, 0) is 55.0 Å². The molecular formula is C22H28Cl2N4O2. The number of aromatic nitrogens is 1. The van der Waals surface area contributed by atoms with Gasteiger partial charge in [0.25, 0.3) is 5.91 Å². The van der Waals surface area contributed by atoms with Gasteiger partial charge in [0.05, 0.1) is 6.04 Å². The number of nitrogens with one attached hydrogen (secondary N) is 3. The number of halogens is 2. The fourth-order valence-electron chi connectivity index (χ4n) is 4.30. The van der Waals surface area contributed by atoms with Crippen LogP contribution in [0.25, 0.3) is 0 Å². The third kappa shape index (κ3) is 5.94. The van der Waals surface area contributed by atoms with Crippen LogP contribution in [0.1, 0.15) is 48.0 Å². The first-order valence-corrected chi connectivity index (χ1v) is 10.0. The molecule has 8 heteroatoms. The minimum absolute atomic E-state index is 0. The van der Waals surface area contributed by atoms with Gasteiger partial charge in [-0.15, -0.1) is 24.8 Å². The summed E-state index contributed by atoms with van der Waals surface area (Å²) in [6.07, 6.45) is 9.10. The lowest BCUT2D eigenvalue weighted by Gasteiger charge is -2.24. The molecule has 1 aliphatic carbocycles. The number of pyridine rings is 1. The number of benzene rings is 1. The van der Waals surface area contributed by atoms with Crippen LogP contribution in [0.3, 0.4) is 0 Å². The number of nitrogens with zero attached hydrogens (tertiary/aromatic N) is 1. The number of hydrogen-bond acceptors (Lipinski definition) is 4. The fourth-order valence-corrected chi connectivity index (χ4v) is 4.30. The van der Waals surface area contributed by atoms with Crippen molar-refractivity contribution in [2.24, 2.45) is 5.92 Å². The van der Waals surface area contributed by atoms with E-state index in [1.807, 2.05) is 24.3 Å². The second-order valence-corrected chi connectivity index (χ2v) is 7.71. The van der Waals surface area contributed by atoms with Crippen LogP contribution >= 0.6 is 24.8 Å². The Morgan fingerprint density at radius 3 is 2.60 bits per heavy atom. The molecule has 1 aromatic carbocycles. The predicted molar refractivity (Wildman–Crippen MR) is 122 cm³/mol. The summed E-state index contributed by atoms with van der Waals surface area (Å²) in [4.78, 5) is 28.8. The number of anilines is 1. The molecule has 3 unspecified atom stereocenters. The number of carbonyl (C=O) groups excluding carboxylic acids is 2. The van der Waals surface area contributed by atoms with E-state index in [4.69, 9.17) is 0 Å². The molecule has 0 spiro atoms. The Morgan fingerprint density at radius 2 is 1.83 bits per heavy atom. The standard InChI is InChI=1S/C22H26N4O2.2ClH/c27-21(16-8-10-23-11-9-16)25-18-6-3-4-15(12-18)14-24-22(28)20-13-17-5-1-2-7-19(17)26-20;;/h3-4,6,8-12,17,19-20,26H,1-2,5,7,13-14H2,(H,24,28)(H,25,27);2*1H. The first-order chi connectivity index (χ1) is 13.7. The van der Waals surface area contributed by atoms with Crippen LogP contribution in [0.4, 0.5) is 5.69 Å². The smallest absolute Gasteiger partial charge is 0.255 e. The van der Waals surface area contributed by atoms with Crippen molar-refractivity contribution >= 4 is 42.3 Å². The van der Waals surface area contributed by atoms with Crippen LogP contribution in [-0.2, 0) is 11.3 Å². The third-order valence-corrected chi connectivity index (χ3v) is 5.77. The van der Waals surface area contributed by atoms with Gasteiger partial charge in [0, 0.05) is 36.2 Å². The van der Waals surface area contributed by atoms with E-state index in [9.17, 15) is 9.59 Å². The molecule has 1 aromatic heterocycles. The summed E-state index contributed by atoms with van der Waals surface area (Å²) < 4.78 is 0. The van der Waals surface area contributed by atoms with Crippen molar-refractivity contribution in [1.29, 1.82) is 0 Å². The summed E-state index contributed by atoms with van der Waals surface area (Å²) in [5.41, 5.74) is 2.22. The molecule has 1 saturated carbocycles. The summed E-state index contributed by atoms with van der Waals surface area (Å²) in [6.45, 7) is 0.450. The van der Waals surface area contributed by atoms with Crippen molar-refractivity contribution in [2.45, 2.75) is 50.7 Å². The molecule has 3 atom stereocenters. The molecule has 2 fully saturated rings. The van der Waals surface area contributed by atoms with Gasteiger partial charge in [-0.3, -0.25) is 14.6 Å². The van der Waals surface area contributed by atoms with Crippen molar-refractivity contribution in [2.75, 3.05) is 5.32 Å². The van der Waals surface area contributed by atoms with Gasteiger partial charge in [-0.1, -0.05) is 25.0 Å². The molecule has 30 heavy (non-hydrogen) atoms. The Kier molecular flexibility index (Phi) is 9.08. The number of amides is 2. The van der Waals surface area contributed by atoms with Crippen LogP contribution in [-0.4, -0.2) is 28.9 Å². The molecule has 2 aromatic rings. The zero-order valence-electron chi connectivity index (χ0n) is 16.7. The maximum Gasteiger partial charge on any atom is 0.255 e.